The highest BCUT2D eigenvalue weighted by atomic mass is 16.2. The average Bonchev–Trinajstić information content (AvgIpc) is 2.49. The van der Waals surface area contributed by atoms with Gasteiger partial charge in [0, 0.05) is 16.9 Å². The number of nitrogens with one attached hydrogen (secondary N) is 2. The van der Waals surface area contributed by atoms with Crippen molar-refractivity contribution in [1.82, 2.24) is 0 Å². The number of amides is 2. The zero-order chi connectivity index (χ0) is 15.1. The molecule has 4 nitrogen and oxygen atoms in total. The highest BCUT2D eigenvalue weighted by molar-refractivity contribution is 5.99. The van der Waals surface area contributed by atoms with E-state index in [1.165, 1.54) is 0 Å². The molecule has 0 aliphatic heterocycles. The van der Waals surface area contributed by atoms with Crippen LogP contribution in [0.2, 0.25) is 0 Å². The summed E-state index contributed by atoms with van der Waals surface area (Å²) in [6.45, 7) is 1.82. The van der Waals surface area contributed by atoms with E-state index in [0.29, 0.717) is 5.69 Å². The molecule has 2 aromatic carbocycles. The molecule has 0 heterocycles. The summed E-state index contributed by atoms with van der Waals surface area (Å²) in [6.07, 6.45) is 0. The summed E-state index contributed by atoms with van der Waals surface area (Å²) in [5.41, 5.74) is 3.34. The van der Waals surface area contributed by atoms with Crippen molar-refractivity contribution in [3.05, 3.63) is 59.7 Å². The summed E-state index contributed by atoms with van der Waals surface area (Å²) < 4.78 is 0. The van der Waals surface area contributed by atoms with Crippen LogP contribution in [0.1, 0.15) is 11.1 Å². The number of aliphatic hydroxyl groups is 1. The van der Waals surface area contributed by atoms with Crippen LogP contribution in [0.3, 0.4) is 0 Å². The minimum absolute atomic E-state index is 0.168. The molecule has 0 spiro atoms. The molecule has 0 radical (unpaired) electrons. The lowest BCUT2D eigenvalue weighted by Crippen LogP contribution is -2.19. The number of aliphatic hydroxyl groups excluding tert-OH is 1. The van der Waals surface area contributed by atoms with Gasteiger partial charge in [-0.25, -0.2) is 4.79 Å². The molecule has 2 rings (SSSR count). The quantitative estimate of drug-likeness (QED) is 0.741. The lowest BCUT2D eigenvalue weighted by atomic mass is 10.2. The highest BCUT2D eigenvalue weighted by Crippen LogP contribution is 2.11. The smallest absolute Gasteiger partial charge is 0.323 e. The molecule has 0 fully saturated rings. The van der Waals surface area contributed by atoms with E-state index in [1.54, 1.807) is 24.3 Å². The molecule has 0 unspecified atom stereocenters. The lowest BCUT2D eigenvalue weighted by molar-refractivity contribution is 0.262. The van der Waals surface area contributed by atoms with Gasteiger partial charge in [-0.3, -0.25) is 0 Å². The van der Waals surface area contributed by atoms with Gasteiger partial charge in [0.25, 0.3) is 0 Å². The minimum Gasteiger partial charge on any atom is -0.384 e. The van der Waals surface area contributed by atoms with Gasteiger partial charge >= 0.3 is 6.03 Å². The number of rotatable bonds is 2. The van der Waals surface area contributed by atoms with E-state index >= 15 is 0 Å². The molecule has 21 heavy (non-hydrogen) atoms. The maximum Gasteiger partial charge on any atom is 0.323 e. The SMILES string of the molecule is Cc1ccc(NC(=O)Nc2ccc(C#CCO)cc2)cc1. The Morgan fingerprint density at radius 1 is 1.00 bits per heavy atom. The van der Waals surface area contributed by atoms with Crippen LogP contribution in [0.4, 0.5) is 16.2 Å². The van der Waals surface area contributed by atoms with Gasteiger partial charge in [-0.2, -0.15) is 0 Å². The summed E-state index contributed by atoms with van der Waals surface area (Å²) in [6, 6.07) is 14.4. The molecule has 0 saturated carbocycles. The highest BCUT2D eigenvalue weighted by Gasteiger charge is 2.02. The largest absolute Gasteiger partial charge is 0.384 e. The van der Waals surface area contributed by atoms with E-state index in [9.17, 15) is 4.79 Å². The maximum atomic E-state index is 11.8. The van der Waals surface area contributed by atoms with Crippen molar-refractivity contribution in [3.63, 3.8) is 0 Å². The standard InChI is InChI=1S/C17H16N2O2/c1-13-4-8-15(9-5-13)18-17(21)19-16-10-6-14(7-11-16)3-2-12-20/h4-11,20H,12H2,1H3,(H2,18,19,21). The van der Waals surface area contributed by atoms with Crippen LogP contribution in [0.5, 0.6) is 0 Å². The third-order valence-corrected chi connectivity index (χ3v) is 2.76. The van der Waals surface area contributed by atoms with Crippen LogP contribution in [0.15, 0.2) is 48.5 Å². The van der Waals surface area contributed by atoms with E-state index in [1.807, 2.05) is 31.2 Å². The summed E-state index contributed by atoms with van der Waals surface area (Å²) in [5.74, 6) is 5.36. The Morgan fingerprint density at radius 3 is 2.05 bits per heavy atom. The normalized spacial score (nSPS) is 9.43. The summed E-state index contributed by atoms with van der Waals surface area (Å²) >= 11 is 0. The number of benzene rings is 2. The number of hydrogen-bond donors (Lipinski definition) is 3. The van der Waals surface area contributed by atoms with Gasteiger partial charge in [-0.05, 0) is 43.3 Å². The van der Waals surface area contributed by atoms with E-state index in [4.69, 9.17) is 5.11 Å². The third-order valence-electron chi connectivity index (χ3n) is 2.76. The van der Waals surface area contributed by atoms with Gasteiger partial charge in [-0.1, -0.05) is 29.5 Å². The van der Waals surface area contributed by atoms with Crippen molar-refractivity contribution in [2.24, 2.45) is 0 Å². The molecular weight excluding hydrogens is 264 g/mol. The molecule has 0 aliphatic carbocycles. The average molecular weight is 280 g/mol. The molecule has 106 valence electrons. The second-order valence-corrected chi connectivity index (χ2v) is 4.48. The molecule has 0 saturated heterocycles. The minimum atomic E-state index is -0.298. The monoisotopic (exact) mass is 280 g/mol. The van der Waals surface area contributed by atoms with Crippen molar-refractivity contribution < 1.29 is 9.90 Å². The van der Waals surface area contributed by atoms with Crippen molar-refractivity contribution >= 4 is 17.4 Å². The first-order valence-electron chi connectivity index (χ1n) is 6.52. The van der Waals surface area contributed by atoms with Crippen molar-refractivity contribution in [2.45, 2.75) is 6.92 Å². The molecule has 0 bridgehead atoms. The first kappa shape index (κ1) is 14.6. The molecule has 0 aromatic heterocycles. The molecule has 3 N–H and O–H groups in total. The first-order chi connectivity index (χ1) is 10.2. The second-order valence-electron chi connectivity index (χ2n) is 4.48. The van der Waals surface area contributed by atoms with E-state index in [-0.39, 0.29) is 12.6 Å². The summed E-state index contributed by atoms with van der Waals surface area (Å²) in [7, 11) is 0. The van der Waals surface area contributed by atoms with E-state index in [2.05, 4.69) is 22.5 Å². The number of aryl methyl sites for hydroxylation is 1. The zero-order valence-electron chi connectivity index (χ0n) is 11.7. The van der Waals surface area contributed by atoms with Crippen LogP contribution >= 0.6 is 0 Å². The van der Waals surface area contributed by atoms with Crippen molar-refractivity contribution in [1.29, 1.82) is 0 Å². The molecule has 0 atom stereocenters. The maximum absolute atomic E-state index is 11.8. The van der Waals surface area contributed by atoms with Crippen LogP contribution in [0, 0.1) is 18.8 Å². The fraction of sp³-hybridized carbons (Fsp3) is 0.118. The van der Waals surface area contributed by atoms with Gasteiger partial charge in [0.1, 0.15) is 6.61 Å². The Hall–Kier alpha value is -2.77. The molecule has 4 heteroatoms. The fourth-order valence-electron chi connectivity index (χ4n) is 1.71. The predicted octanol–water partition coefficient (Wildman–Crippen LogP) is 2.98. The van der Waals surface area contributed by atoms with Gasteiger partial charge < -0.3 is 15.7 Å². The van der Waals surface area contributed by atoms with Gasteiger partial charge in [0.05, 0.1) is 0 Å². The van der Waals surface area contributed by atoms with Crippen LogP contribution in [0.25, 0.3) is 0 Å². The lowest BCUT2D eigenvalue weighted by Gasteiger charge is -2.08. The topological polar surface area (TPSA) is 61.4 Å². The Morgan fingerprint density at radius 2 is 1.52 bits per heavy atom. The second kappa shape index (κ2) is 7.13. The van der Waals surface area contributed by atoms with Crippen LogP contribution in [-0.4, -0.2) is 17.7 Å². The van der Waals surface area contributed by atoms with Gasteiger partial charge in [0.2, 0.25) is 0 Å². The summed E-state index contributed by atoms with van der Waals surface area (Å²) in [5, 5.41) is 14.1. The van der Waals surface area contributed by atoms with Crippen molar-refractivity contribution in [3.8, 4) is 11.8 Å². The van der Waals surface area contributed by atoms with Gasteiger partial charge in [-0.15, -0.1) is 0 Å². The molecule has 2 amide bonds. The predicted molar refractivity (Wildman–Crippen MR) is 84.2 cm³/mol. The van der Waals surface area contributed by atoms with E-state index in [0.717, 1.165) is 16.8 Å². The fourth-order valence-corrected chi connectivity index (χ4v) is 1.71. The molecular formula is C17H16N2O2. The number of carbonyl (C=O) groups is 1. The zero-order valence-corrected chi connectivity index (χ0v) is 11.7. The Balaban J connectivity index is 1.94. The molecule has 2 aromatic rings. The Bertz CT molecular complexity index is 665. The Labute approximate surface area is 123 Å². The number of carbonyl (C=O) groups excluding carboxylic acids is 1. The first-order valence-corrected chi connectivity index (χ1v) is 6.52. The third kappa shape index (κ3) is 4.68. The van der Waals surface area contributed by atoms with Gasteiger partial charge in [0.15, 0.2) is 0 Å². The number of anilines is 2. The Kier molecular flexibility index (Phi) is 4.97. The van der Waals surface area contributed by atoms with E-state index < -0.39 is 0 Å². The van der Waals surface area contributed by atoms with Crippen molar-refractivity contribution in [2.75, 3.05) is 17.2 Å². The van der Waals surface area contributed by atoms with Crippen LogP contribution in [-0.2, 0) is 0 Å². The molecule has 0 aliphatic rings. The number of urea groups is 1. The summed E-state index contributed by atoms with van der Waals surface area (Å²) in [4.78, 5) is 11.8. The number of hydrogen-bond acceptors (Lipinski definition) is 2. The van der Waals surface area contributed by atoms with Crippen LogP contribution < -0.4 is 10.6 Å².